The topological polar surface area (TPSA) is 20.2 Å². The lowest BCUT2D eigenvalue weighted by Crippen LogP contribution is -2.39. The van der Waals surface area contributed by atoms with Gasteiger partial charge in [0, 0.05) is 0 Å². The van der Waals surface area contributed by atoms with Crippen molar-refractivity contribution in [3.05, 3.63) is 35.4 Å². The first-order chi connectivity index (χ1) is 9.25. The minimum Gasteiger partial charge on any atom is -0.385 e. The van der Waals surface area contributed by atoms with Crippen LogP contribution in [0.5, 0.6) is 0 Å². The Morgan fingerprint density at radius 3 is 2.58 bits per heavy atom. The lowest BCUT2D eigenvalue weighted by atomic mass is 9.66. The van der Waals surface area contributed by atoms with Crippen molar-refractivity contribution in [3.8, 4) is 0 Å². The monoisotopic (exact) mass is 258 g/mol. The van der Waals surface area contributed by atoms with E-state index >= 15 is 0 Å². The first kappa shape index (κ1) is 13.2. The van der Waals surface area contributed by atoms with Crippen LogP contribution in [0.3, 0.4) is 0 Å². The minimum absolute atomic E-state index is 0.447. The highest BCUT2D eigenvalue weighted by Gasteiger charge is 2.41. The first-order valence-corrected chi connectivity index (χ1v) is 8.07. The Morgan fingerprint density at radius 2 is 1.89 bits per heavy atom. The Hall–Kier alpha value is -0.820. The van der Waals surface area contributed by atoms with Crippen LogP contribution >= 0.6 is 0 Å². The molecule has 1 aromatic rings. The van der Waals surface area contributed by atoms with Crippen LogP contribution in [0.2, 0.25) is 0 Å². The number of aliphatic hydroxyl groups is 1. The molecule has 104 valence electrons. The molecule has 0 aromatic heterocycles. The lowest BCUT2D eigenvalue weighted by Gasteiger charge is -2.43. The Balaban J connectivity index is 1.99. The van der Waals surface area contributed by atoms with Gasteiger partial charge in [-0.3, -0.25) is 0 Å². The molecule has 0 bridgehead atoms. The van der Waals surface area contributed by atoms with Crippen molar-refractivity contribution in [2.24, 2.45) is 5.92 Å². The second kappa shape index (κ2) is 5.28. The predicted molar refractivity (Wildman–Crippen MR) is 79.2 cm³/mol. The van der Waals surface area contributed by atoms with Crippen LogP contribution in [0.25, 0.3) is 0 Å². The summed E-state index contributed by atoms with van der Waals surface area (Å²) in [4.78, 5) is 0. The van der Waals surface area contributed by atoms with Crippen LogP contribution < -0.4 is 0 Å². The fourth-order valence-corrected chi connectivity index (χ4v) is 4.09. The molecule has 2 aliphatic rings. The van der Waals surface area contributed by atoms with E-state index in [-0.39, 0.29) is 0 Å². The fraction of sp³-hybridized carbons (Fsp3) is 0.667. The zero-order chi connectivity index (χ0) is 13.3. The third-order valence-electron chi connectivity index (χ3n) is 5.50. The molecular formula is C18H26O. The second-order valence-corrected chi connectivity index (χ2v) is 6.49. The van der Waals surface area contributed by atoms with E-state index in [4.69, 9.17) is 0 Å². The van der Waals surface area contributed by atoms with E-state index in [1.54, 1.807) is 0 Å². The SMILES string of the molecule is CCC1CCCCC1(O)c1ccccc1C1CCC1. The van der Waals surface area contributed by atoms with Crippen LogP contribution in [-0.4, -0.2) is 5.11 Å². The second-order valence-electron chi connectivity index (χ2n) is 6.49. The fourth-order valence-electron chi connectivity index (χ4n) is 4.09. The van der Waals surface area contributed by atoms with E-state index in [0.29, 0.717) is 11.8 Å². The van der Waals surface area contributed by atoms with Crippen LogP contribution in [0, 0.1) is 5.92 Å². The van der Waals surface area contributed by atoms with Gasteiger partial charge in [0.25, 0.3) is 0 Å². The Kier molecular flexibility index (Phi) is 3.66. The molecule has 19 heavy (non-hydrogen) atoms. The molecule has 0 heterocycles. The molecule has 1 N–H and O–H groups in total. The van der Waals surface area contributed by atoms with Crippen LogP contribution in [-0.2, 0) is 5.60 Å². The minimum atomic E-state index is -0.556. The Bertz CT molecular complexity index is 435. The quantitative estimate of drug-likeness (QED) is 0.830. The molecule has 2 unspecified atom stereocenters. The third kappa shape index (κ3) is 2.23. The van der Waals surface area contributed by atoms with Crippen molar-refractivity contribution >= 4 is 0 Å². The van der Waals surface area contributed by atoms with Crippen LogP contribution in [0.15, 0.2) is 24.3 Å². The lowest BCUT2D eigenvalue weighted by molar-refractivity contribution is -0.0568. The maximum Gasteiger partial charge on any atom is 0.0927 e. The van der Waals surface area contributed by atoms with Gasteiger partial charge in [0.2, 0.25) is 0 Å². The van der Waals surface area contributed by atoms with Crippen molar-refractivity contribution in [2.75, 3.05) is 0 Å². The Morgan fingerprint density at radius 1 is 1.11 bits per heavy atom. The van der Waals surface area contributed by atoms with E-state index < -0.39 is 5.60 Å². The predicted octanol–water partition coefficient (Wildman–Crippen LogP) is 4.74. The van der Waals surface area contributed by atoms with Crippen molar-refractivity contribution < 1.29 is 5.11 Å². The van der Waals surface area contributed by atoms with Crippen molar-refractivity contribution in [1.29, 1.82) is 0 Å². The van der Waals surface area contributed by atoms with Gasteiger partial charge in [0.05, 0.1) is 5.60 Å². The zero-order valence-corrected chi connectivity index (χ0v) is 12.1. The van der Waals surface area contributed by atoms with Gasteiger partial charge >= 0.3 is 0 Å². The summed E-state index contributed by atoms with van der Waals surface area (Å²) in [5.74, 6) is 1.15. The van der Waals surface area contributed by atoms with Crippen LogP contribution in [0.4, 0.5) is 0 Å². The average Bonchev–Trinajstić information content (AvgIpc) is 2.38. The average molecular weight is 258 g/mol. The summed E-state index contributed by atoms with van der Waals surface area (Å²) in [6.07, 6.45) is 9.66. The molecule has 0 amide bonds. The number of hydrogen-bond donors (Lipinski definition) is 1. The molecule has 1 nitrogen and oxygen atoms in total. The first-order valence-electron chi connectivity index (χ1n) is 8.07. The zero-order valence-electron chi connectivity index (χ0n) is 12.1. The molecule has 1 heteroatoms. The molecule has 2 fully saturated rings. The maximum atomic E-state index is 11.4. The van der Waals surface area contributed by atoms with Gasteiger partial charge in [-0.2, -0.15) is 0 Å². The normalized spacial score (nSPS) is 32.0. The van der Waals surface area contributed by atoms with E-state index in [1.807, 2.05) is 0 Å². The van der Waals surface area contributed by atoms with Gasteiger partial charge in [-0.25, -0.2) is 0 Å². The standard InChI is InChI=1S/C18H26O/c1-2-15-10-5-6-13-18(15,19)17-12-4-3-11-16(17)14-8-7-9-14/h3-4,11-12,14-15,19H,2,5-10,13H2,1H3. The van der Waals surface area contributed by atoms with Gasteiger partial charge in [-0.1, -0.05) is 56.9 Å². The largest absolute Gasteiger partial charge is 0.385 e. The molecule has 2 aliphatic carbocycles. The summed E-state index contributed by atoms with van der Waals surface area (Å²) in [5.41, 5.74) is 2.14. The highest BCUT2D eigenvalue weighted by molar-refractivity contribution is 5.37. The van der Waals surface area contributed by atoms with Crippen molar-refractivity contribution in [2.45, 2.75) is 69.8 Å². The van der Waals surface area contributed by atoms with Gasteiger partial charge in [0.1, 0.15) is 0 Å². The molecular weight excluding hydrogens is 232 g/mol. The van der Waals surface area contributed by atoms with E-state index in [2.05, 4.69) is 31.2 Å². The summed E-state index contributed by atoms with van der Waals surface area (Å²) >= 11 is 0. The van der Waals surface area contributed by atoms with E-state index in [0.717, 1.165) is 12.8 Å². The van der Waals surface area contributed by atoms with Gasteiger partial charge in [0.15, 0.2) is 0 Å². The summed E-state index contributed by atoms with van der Waals surface area (Å²) < 4.78 is 0. The third-order valence-corrected chi connectivity index (χ3v) is 5.50. The molecule has 0 spiro atoms. The maximum absolute atomic E-state index is 11.4. The number of rotatable bonds is 3. The summed E-state index contributed by atoms with van der Waals surface area (Å²) in [6, 6.07) is 8.71. The van der Waals surface area contributed by atoms with Gasteiger partial charge in [-0.15, -0.1) is 0 Å². The number of benzene rings is 1. The molecule has 2 saturated carbocycles. The summed E-state index contributed by atoms with van der Waals surface area (Å²) in [6.45, 7) is 2.23. The van der Waals surface area contributed by atoms with Gasteiger partial charge in [-0.05, 0) is 48.6 Å². The molecule has 2 atom stereocenters. The summed E-state index contributed by atoms with van der Waals surface area (Å²) in [7, 11) is 0. The molecule has 3 rings (SSSR count). The molecule has 0 aliphatic heterocycles. The van der Waals surface area contributed by atoms with E-state index in [1.165, 1.54) is 49.7 Å². The van der Waals surface area contributed by atoms with Crippen LogP contribution in [0.1, 0.15) is 75.3 Å². The van der Waals surface area contributed by atoms with Crippen molar-refractivity contribution in [1.82, 2.24) is 0 Å². The molecule has 0 saturated heterocycles. The highest BCUT2D eigenvalue weighted by Crippen LogP contribution is 2.48. The number of hydrogen-bond acceptors (Lipinski definition) is 1. The Labute approximate surface area is 117 Å². The molecule has 0 radical (unpaired) electrons. The van der Waals surface area contributed by atoms with Crippen molar-refractivity contribution in [3.63, 3.8) is 0 Å². The molecule has 1 aromatic carbocycles. The summed E-state index contributed by atoms with van der Waals surface area (Å²) in [5, 5.41) is 11.4. The van der Waals surface area contributed by atoms with E-state index in [9.17, 15) is 5.11 Å². The smallest absolute Gasteiger partial charge is 0.0927 e. The highest BCUT2D eigenvalue weighted by atomic mass is 16.3. The van der Waals surface area contributed by atoms with Gasteiger partial charge < -0.3 is 5.11 Å².